The maximum atomic E-state index is 2.30. The van der Waals surface area contributed by atoms with Crippen molar-refractivity contribution in [3.05, 3.63) is 47.6 Å². The quantitative estimate of drug-likeness (QED) is 0.422. The van der Waals surface area contributed by atoms with Crippen molar-refractivity contribution in [2.24, 2.45) is 0 Å². The van der Waals surface area contributed by atoms with Gasteiger partial charge < -0.3 is 34.0 Å². The SMILES string of the molecule is C1=CCCCC(C2=CC=CCCC2)=C1.[Br-].[Br-].[Ru+2]. The Morgan fingerprint density at radius 3 is 1.53 bits per heavy atom. The second-order valence-electron chi connectivity index (χ2n) is 4.02. The topological polar surface area (TPSA) is 0 Å². The van der Waals surface area contributed by atoms with Crippen molar-refractivity contribution in [2.45, 2.75) is 38.5 Å². The Bertz CT molecular complexity index is 282. The van der Waals surface area contributed by atoms with Gasteiger partial charge in [0.1, 0.15) is 0 Å². The zero-order valence-electron chi connectivity index (χ0n) is 9.82. The van der Waals surface area contributed by atoms with Gasteiger partial charge in [0.15, 0.2) is 0 Å². The Balaban J connectivity index is 0. The van der Waals surface area contributed by atoms with Crippen molar-refractivity contribution < 1.29 is 53.4 Å². The Labute approximate surface area is 139 Å². The van der Waals surface area contributed by atoms with Crippen LogP contribution in [0, 0.1) is 0 Å². The maximum Gasteiger partial charge on any atom is 2.00 e. The zero-order valence-corrected chi connectivity index (χ0v) is 14.7. The predicted molar refractivity (Wildman–Crippen MR) is 62.1 cm³/mol. The largest absolute Gasteiger partial charge is 2.00 e. The van der Waals surface area contributed by atoms with Crippen molar-refractivity contribution in [2.75, 3.05) is 0 Å². The summed E-state index contributed by atoms with van der Waals surface area (Å²) in [5.74, 6) is 0. The summed E-state index contributed by atoms with van der Waals surface area (Å²) in [5.41, 5.74) is 3.12. The van der Waals surface area contributed by atoms with Gasteiger partial charge in [-0.05, 0) is 49.7 Å². The molecule has 2 aliphatic carbocycles. The first-order valence-corrected chi connectivity index (χ1v) is 5.68. The van der Waals surface area contributed by atoms with E-state index in [1.807, 2.05) is 0 Å². The van der Waals surface area contributed by atoms with Gasteiger partial charge in [-0.15, -0.1) is 0 Å². The van der Waals surface area contributed by atoms with Gasteiger partial charge in [0, 0.05) is 0 Å². The van der Waals surface area contributed by atoms with Gasteiger partial charge in [-0.3, -0.25) is 0 Å². The molecule has 0 fully saturated rings. The van der Waals surface area contributed by atoms with E-state index in [4.69, 9.17) is 0 Å². The van der Waals surface area contributed by atoms with Crippen LogP contribution in [0.25, 0.3) is 0 Å². The van der Waals surface area contributed by atoms with Crippen LogP contribution in [0.15, 0.2) is 47.6 Å². The second-order valence-corrected chi connectivity index (χ2v) is 4.02. The minimum atomic E-state index is 0. The van der Waals surface area contributed by atoms with Gasteiger partial charge in [-0.1, -0.05) is 36.5 Å². The molecular formula is C14H18Br2Ru. The molecule has 96 valence electrons. The van der Waals surface area contributed by atoms with E-state index in [0.29, 0.717) is 0 Å². The molecule has 2 aliphatic rings. The molecule has 0 heterocycles. The number of hydrogen-bond acceptors (Lipinski definition) is 0. The van der Waals surface area contributed by atoms with E-state index in [2.05, 4.69) is 36.5 Å². The Hall–Kier alpha value is 0.543. The molecule has 0 aromatic rings. The molecule has 17 heavy (non-hydrogen) atoms. The molecule has 0 aliphatic heterocycles. The fourth-order valence-electron chi connectivity index (χ4n) is 2.08. The van der Waals surface area contributed by atoms with Gasteiger partial charge >= 0.3 is 19.5 Å². The first kappa shape index (κ1) is 19.9. The number of halogens is 2. The van der Waals surface area contributed by atoms with Crippen molar-refractivity contribution >= 4 is 0 Å². The van der Waals surface area contributed by atoms with E-state index < -0.39 is 0 Å². The first-order chi connectivity index (χ1) is 6.97. The monoisotopic (exact) mass is 446 g/mol. The van der Waals surface area contributed by atoms with Crippen LogP contribution in [0.4, 0.5) is 0 Å². The van der Waals surface area contributed by atoms with E-state index in [1.165, 1.54) is 38.5 Å². The van der Waals surface area contributed by atoms with Crippen LogP contribution in [-0.2, 0) is 19.5 Å². The normalized spacial score (nSPS) is 18.4. The fourth-order valence-corrected chi connectivity index (χ4v) is 2.08. The smallest absolute Gasteiger partial charge is 1.00 e. The van der Waals surface area contributed by atoms with Crippen LogP contribution >= 0.6 is 0 Å². The van der Waals surface area contributed by atoms with Gasteiger partial charge in [0.05, 0.1) is 0 Å². The molecule has 0 nitrogen and oxygen atoms in total. The molecule has 0 N–H and O–H groups in total. The second kappa shape index (κ2) is 11.6. The molecule has 0 radical (unpaired) electrons. The molecule has 0 bridgehead atoms. The molecule has 0 saturated heterocycles. The summed E-state index contributed by atoms with van der Waals surface area (Å²) in [7, 11) is 0. The van der Waals surface area contributed by atoms with Crippen LogP contribution in [0.1, 0.15) is 38.5 Å². The van der Waals surface area contributed by atoms with Crippen molar-refractivity contribution in [3.63, 3.8) is 0 Å². The summed E-state index contributed by atoms with van der Waals surface area (Å²) in [6.45, 7) is 0. The third-order valence-corrected chi connectivity index (χ3v) is 2.91. The summed E-state index contributed by atoms with van der Waals surface area (Å²) in [4.78, 5) is 0. The molecular weight excluding hydrogens is 429 g/mol. The Kier molecular flexibility index (Phi) is 13.6. The number of hydrogen-bond donors (Lipinski definition) is 0. The average molecular weight is 447 g/mol. The van der Waals surface area contributed by atoms with E-state index in [1.54, 1.807) is 11.1 Å². The Morgan fingerprint density at radius 1 is 0.706 bits per heavy atom. The molecule has 0 atom stereocenters. The molecule has 0 saturated carbocycles. The van der Waals surface area contributed by atoms with E-state index in [0.717, 1.165) is 0 Å². The van der Waals surface area contributed by atoms with Gasteiger partial charge in [-0.2, -0.15) is 0 Å². The summed E-state index contributed by atoms with van der Waals surface area (Å²) in [6.07, 6.45) is 21.2. The summed E-state index contributed by atoms with van der Waals surface area (Å²) >= 11 is 0. The molecule has 0 aromatic carbocycles. The predicted octanol–water partition coefficient (Wildman–Crippen LogP) is -1.68. The molecule has 0 spiro atoms. The molecule has 3 heteroatoms. The zero-order chi connectivity index (χ0) is 9.64. The molecule has 0 unspecified atom stereocenters. The van der Waals surface area contributed by atoms with Gasteiger partial charge in [-0.25, -0.2) is 0 Å². The minimum absolute atomic E-state index is 0. The molecule has 0 amide bonds. The van der Waals surface area contributed by atoms with E-state index >= 15 is 0 Å². The number of allylic oxidation sites excluding steroid dienone is 8. The summed E-state index contributed by atoms with van der Waals surface area (Å²) < 4.78 is 0. The maximum absolute atomic E-state index is 2.30. The number of rotatable bonds is 1. The molecule has 2 rings (SSSR count). The van der Waals surface area contributed by atoms with Crippen LogP contribution in [0.5, 0.6) is 0 Å². The first-order valence-electron chi connectivity index (χ1n) is 5.68. The van der Waals surface area contributed by atoms with Crippen LogP contribution in [0.3, 0.4) is 0 Å². The average Bonchev–Trinajstić information content (AvgIpc) is 2.62. The standard InChI is InChI=1S/C14H18.2BrH.Ru/c1-2-6-10-13(9-5-1)14-11-7-3-4-8-12-14;;;/h1,3,5,7,9,11H,2,4,6,8,10,12H2;2*1H;/q;;;+2/p-2. The fraction of sp³-hybridized carbons (Fsp3) is 0.429. The minimum Gasteiger partial charge on any atom is -1.00 e. The summed E-state index contributed by atoms with van der Waals surface area (Å²) in [6, 6.07) is 0. The third kappa shape index (κ3) is 6.89. The van der Waals surface area contributed by atoms with Gasteiger partial charge in [0.25, 0.3) is 0 Å². The van der Waals surface area contributed by atoms with Crippen molar-refractivity contribution in [3.8, 4) is 0 Å². The van der Waals surface area contributed by atoms with E-state index in [9.17, 15) is 0 Å². The van der Waals surface area contributed by atoms with Gasteiger partial charge in [0.2, 0.25) is 0 Å². The van der Waals surface area contributed by atoms with E-state index in [-0.39, 0.29) is 53.4 Å². The summed E-state index contributed by atoms with van der Waals surface area (Å²) in [5, 5.41) is 0. The Morgan fingerprint density at radius 2 is 1.12 bits per heavy atom. The van der Waals surface area contributed by atoms with Crippen molar-refractivity contribution in [1.29, 1.82) is 0 Å². The molecule has 0 aromatic heterocycles. The van der Waals surface area contributed by atoms with Crippen LogP contribution in [0.2, 0.25) is 0 Å². The van der Waals surface area contributed by atoms with Crippen LogP contribution in [-0.4, -0.2) is 0 Å². The van der Waals surface area contributed by atoms with Crippen molar-refractivity contribution in [1.82, 2.24) is 0 Å². The van der Waals surface area contributed by atoms with Crippen LogP contribution < -0.4 is 34.0 Å². The third-order valence-electron chi connectivity index (χ3n) is 2.91.